The Labute approximate surface area is 326 Å². The number of ether oxygens (including phenoxy) is 4. The molecule has 4 bridgehead atoms. The predicted molar refractivity (Wildman–Crippen MR) is 210 cm³/mol. The lowest BCUT2D eigenvalue weighted by Crippen LogP contribution is -2.37. The molecule has 4 atom stereocenters. The number of pyridine rings is 1. The van der Waals surface area contributed by atoms with Crippen LogP contribution in [0.4, 0.5) is 5.82 Å². The number of hydrogen-bond acceptors (Lipinski definition) is 12. The van der Waals surface area contributed by atoms with Crippen molar-refractivity contribution in [3.63, 3.8) is 0 Å². The fourth-order valence-electron chi connectivity index (χ4n) is 9.57. The van der Waals surface area contributed by atoms with Gasteiger partial charge in [0.2, 0.25) is 0 Å². The number of likely N-dealkylation sites (N-methyl/N-ethyl adjacent to an activating group) is 2. The molecule has 2 aliphatic heterocycles. The summed E-state index contributed by atoms with van der Waals surface area (Å²) < 4.78 is 25.2. The monoisotopic (exact) mass is 760 g/mol. The highest BCUT2D eigenvalue weighted by atomic mass is 16.6. The zero-order chi connectivity index (χ0) is 39.1. The van der Waals surface area contributed by atoms with Crippen LogP contribution in [0.25, 0.3) is 11.1 Å². The van der Waals surface area contributed by atoms with Gasteiger partial charge < -0.3 is 50.6 Å². The summed E-state index contributed by atoms with van der Waals surface area (Å²) in [6.07, 6.45) is 3.34. The molecular formula is C44H48N4O8. The van der Waals surface area contributed by atoms with Gasteiger partial charge in [-0.25, -0.2) is 4.98 Å². The number of nitrogens with two attached hydrogens (primary N) is 1. The van der Waals surface area contributed by atoms with Crippen LogP contribution < -0.4 is 30.6 Å². The molecule has 12 nitrogen and oxygen atoms in total. The van der Waals surface area contributed by atoms with E-state index in [2.05, 4.69) is 33.5 Å². The van der Waals surface area contributed by atoms with E-state index in [-0.39, 0.29) is 42.0 Å². The second-order valence-electron chi connectivity index (χ2n) is 15.5. The number of phenols is 2. The molecule has 1 aromatic heterocycles. The normalized spacial score (nSPS) is 21.3. The number of aliphatic hydroxyl groups excluding tert-OH is 1. The Hall–Kier alpha value is -5.48. The Morgan fingerprint density at radius 1 is 1.05 bits per heavy atom. The summed E-state index contributed by atoms with van der Waals surface area (Å²) in [5.74, 6) is 7.97. The average molecular weight is 761 g/mol. The zero-order valence-corrected chi connectivity index (χ0v) is 31.9. The van der Waals surface area contributed by atoms with Crippen molar-refractivity contribution < 1.29 is 39.1 Å². The van der Waals surface area contributed by atoms with Crippen LogP contribution in [0.2, 0.25) is 0 Å². The first-order valence-electron chi connectivity index (χ1n) is 19.2. The molecule has 2 aliphatic carbocycles. The van der Waals surface area contributed by atoms with Gasteiger partial charge in [-0.3, -0.25) is 4.79 Å². The largest absolute Gasteiger partial charge is 0.508 e. The van der Waals surface area contributed by atoms with Crippen molar-refractivity contribution in [1.82, 2.24) is 15.6 Å². The third-order valence-corrected chi connectivity index (χ3v) is 11.8. The fraction of sp³-hybridized carbons (Fsp3) is 0.409. The Morgan fingerprint density at radius 2 is 1.88 bits per heavy atom. The zero-order valence-electron chi connectivity index (χ0n) is 31.9. The second kappa shape index (κ2) is 15.2. The molecule has 12 heteroatoms. The molecule has 56 heavy (non-hydrogen) atoms. The van der Waals surface area contributed by atoms with Crippen molar-refractivity contribution >= 4 is 11.8 Å². The number of anilines is 1. The van der Waals surface area contributed by atoms with Crippen LogP contribution in [0, 0.1) is 17.8 Å². The number of aromatic hydroxyl groups is 2. The highest BCUT2D eigenvalue weighted by Crippen LogP contribution is 2.62. The van der Waals surface area contributed by atoms with Crippen LogP contribution in [-0.4, -0.2) is 73.0 Å². The molecule has 0 radical (unpaired) electrons. The smallest absolute Gasteiger partial charge is 0.302 e. The number of hydrogen-bond donors (Lipinski definition) is 6. The summed E-state index contributed by atoms with van der Waals surface area (Å²) in [5, 5.41) is 38.5. The summed E-state index contributed by atoms with van der Waals surface area (Å²) in [4.78, 5) is 17.1. The summed E-state index contributed by atoms with van der Waals surface area (Å²) in [6.45, 7) is 1.98. The molecule has 1 spiro atoms. The van der Waals surface area contributed by atoms with Crippen LogP contribution >= 0.6 is 0 Å². The number of nitrogen functional groups attached to an aromatic ring is 1. The number of benzene rings is 3. The van der Waals surface area contributed by atoms with Crippen molar-refractivity contribution in [1.29, 1.82) is 0 Å². The minimum Gasteiger partial charge on any atom is -0.508 e. The van der Waals surface area contributed by atoms with Gasteiger partial charge in [0.05, 0.1) is 5.92 Å². The van der Waals surface area contributed by atoms with Crippen molar-refractivity contribution in [2.75, 3.05) is 46.3 Å². The van der Waals surface area contributed by atoms with Gasteiger partial charge >= 0.3 is 5.97 Å². The molecular weight excluding hydrogens is 713 g/mol. The summed E-state index contributed by atoms with van der Waals surface area (Å²) in [7, 11) is 3.69. The van der Waals surface area contributed by atoms with Crippen molar-refractivity contribution in [3.05, 3.63) is 87.6 Å². The molecule has 3 aromatic carbocycles. The number of fused-ring (bicyclic) bond motifs is 7. The third kappa shape index (κ3) is 6.84. The average Bonchev–Trinajstić information content (AvgIpc) is 3.73. The molecule has 1 saturated carbocycles. The highest BCUT2D eigenvalue weighted by Gasteiger charge is 2.51. The minimum absolute atomic E-state index is 0.0274. The number of aliphatic hydroxyl groups is 1. The van der Waals surface area contributed by atoms with E-state index in [1.807, 2.05) is 38.4 Å². The van der Waals surface area contributed by atoms with Gasteiger partial charge in [-0.15, -0.1) is 0 Å². The molecule has 0 amide bonds. The van der Waals surface area contributed by atoms with E-state index in [1.165, 1.54) is 6.92 Å². The number of carbonyl (C=O) groups is 1. The van der Waals surface area contributed by atoms with E-state index in [0.717, 1.165) is 75.9 Å². The van der Waals surface area contributed by atoms with Gasteiger partial charge in [-0.05, 0) is 105 Å². The van der Waals surface area contributed by atoms with E-state index >= 15 is 0 Å². The van der Waals surface area contributed by atoms with Crippen molar-refractivity contribution in [2.24, 2.45) is 5.92 Å². The quantitative estimate of drug-likeness (QED) is 0.0742. The van der Waals surface area contributed by atoms with Gasteiger partial charge in [0, 0.05) is 60.2 Å². The molecule has 292 valence electrons. The molecule has 4 aliphatic rings. The summed E-state index contributed by atoms with van der Waals surface area (Å²) in [6, 6.07) is 14.8. The maximum absolute atomic E-state index is 12.4. The van der Waals surface area contributed by atoms with E-state index in [9.17, 15) is 20.1 Å². The predicted octanol–water partition coefficient (Wildman–Crippen LogP) is 4.78. The SMILES string of the molecule is CNCC(CNC)Oc1cc2c(cc1O)CC#Cc1nc(N)ccc1CC1CCC3(Cc4cc(O)cc(OCO)c4-c4ccc5c(c43)OC2C5COC(C)=O)C1. The van der Waals surface area contributed by atoms with Crippen LogP contribution in [0.3, 0.4) is 0 Å². The van der Waals surface area contributed by atoms with E-state index in [1.54, 1.807) is 18.2 Å². The lowest BCUT2D eigenvalue weighted by molar-refractivity contribution is -0.141. The minimum atomic E-state index is -0.641. The van der Waals surface area contributed by atoms with E-state index in [0.29, 0.717) is 42.5 Å². The first-order valence-corrected chi connectivity index (χ1v) is 19.2. The first-order chi connectivity index (χ1) is 27.1. The number of nitrogens with zero attached hydrogens (tertiary/aromatic N) is 1. The van der Waals surface area contributed by atoms with Gasteiger partial charge in [0.15, 0.2) is 18.3 Å². The number of aromatic nitrogens is 1. The summed E-state index contributed by atoms with van der Waals surface area (Å²) >= 11 is 0. The Balaban J connectivity index is 1.37. The number of esters is 1. The molecule has 4 unspecified atom stereocenters. The number of rotatable bonds is 10. The van der Waals surface area contributed by atoms with Gasteiger partial charge in [-0.2, -0.15) is 0 Å². The first kappa shape index (κ1) is 37.4. The summed E-state index contributed by atoms with van der Waals surface area (Å²) in [5.41, 5.74) is 13.6. The van der Waals surface area contributed by atoms with Gasteiger partial charge in [-0.1, -0.05) is 24.1 Å². The molecule has 7 N–H and O–H groups in total. The maximum Gasteiger partial charge on any atom is 0.302 e. The van der Waals surface area contributed by atoms with Crippen molar-refractivity contribution in [2.45, 2.75) is 69.0 Å². The molecule has 0 saturated heterocycles. The van der Waals surface area contributed by atoms with Crippen LogP contribution in [0.1, 0.15) is 77.3 Å². The lowest BCUT2D eigenvalue weighted by Gasteiger charge is -2.39. The second-order valence-corrected chi connectivity index (χ2v) is 15.5. The standard InChI is InChI=1S/C44H48N4O8/c1-24(50)53-22-34-31-8-9-32-40-28(14-29(51)16-38(40)54-23-49)19-44-12-11-25(18-44)13-27-7-10-39(45)48-35(27)6-4-5-26-15-36(52)37(55-30(20-46-2)21-47-3)17-33(26)42(34)56-43(31)41(32)44/h7-10,14-17,25,30,34,42,46-47,49,51-52H,5,11-13,18-23H2,1-3H3,(H2,45,48). The Kier molecular flexibility index (Phi) is 10.2. The highest BCUT2D eigenvalue weighted by molar-refractivity contribution is 5.84. The van der Waals surface area contributed by atoms with Crippen LogP contribution in [0.5, 0.6) is 28.7 Å². The molecule has 8 rings (SSSR count). The fourth-order valence-corrected chi connectivity index (χ4v) is 9.57. The lowest BCUT2D eigenvalue weighted by atomic mass is 9.65. The third-order valence-electron chi connectivity index (χ3n) is 11.8. The van der Waals surface area contributed by atoms with Crippen molar-refractivity contribution in [3.8, 4) is 51.7 Å². The van der Waals surface area contributed by atoms with Crippen LogP contribution in [-0.2, 0) is 34.2 Å². The van der Waals surface area contributed by atoms with E-state index in [4.69, 9.17) is 24.7 Å². The number of phenolic OH excluding ortho intramolecular Hbond substituents is 2. The molecule has 4 aromatic rings. The van der Waals surface area contributed by atoms with Gasteiger partial charge in [0.1, 0.15) is 47.6 Å². The molecule has 3 heterocycles. The number of nitrogens with one attached hydrogen (secondary N) is 2. The Morgan fingerprint density at radius 3 is 2.64 bits per heavy atom. The van der Waals surface area contributed by atoms with Crippen LogP contribution in [0.15, 0.2) is 48.5 Å². The Bertz CT molecular complexity index is 2240. The molecule has 1 fully saturated rings. The topological polar surface area (TPSA) is 178 Å². The maximum atomic E-state index is 12.4. The van der Waals surface area contributed by atoms with E-state index < -0.39 is 24.8 Å². The number of carbonyl (C=O) groups excluding carboxylic acids is 1. The van der Waals surface area contributed by atoms with Gasteiger partial charge in [0.25, 0.3) is 0 Å².